The van der Waals surface area contributed by atoms with Crippen LogP contribution >= 0.6 is 0 Å². The zero-order chi connectivity index (χ0) is 18.1. The van der Waals surface area contributed by atoms with Crippen LogP contribution in [0.15, 0.2) is 62.2 Å². The van der Waals surface area contributed by atoms with Gasteiger partial charge in [0.25, 0.3) is 5.91 Å². The molecule has 0 radical (unpaired) electrons. The van der Waals surface area contributed by atoms with Crippen molar-refractivity contribution in [2.45, 2.75) is 6.54 Å². The molecule has 7 heteroatoms. The SMILES string of the molecule is COc1ccc2c(c1)oc(=O)n2CCNC(=O)c1cc2ccccc2o1. The van der Waals surface area contributed by atoms with Crippen molar-refractivity contribution in [2.24, 2.45) is 0 Å². The third-order valence-corrected chi connectivity index (χ3v) is 4.15. The van der Waals surface area contributed by atoms with Gasteiger partial charge < -0.3 is 18.9 Å². The Labute approximate surface area is 147 Å². The highest BCUT2D eigenvalue weighted by Crippen LogP contribution is 2.20. The first-order chi connectivity index (χ1) is 12.7. The Balaban J connectivity index is 1.47. The Hall–Kier alpha value is -3.48. The average Bonchev–Trinajstić information content (AvgIpc) is 3.22. The van der Waals surface area contributed by atoms with Crippen molar-refractivity contribution in [2.75, 3.05) is 13.7 Å². The molecule has 26 heavy (non-hydrogen) atoms. The summed E-state index contributed by atoms with van der Waals surface area (Å²) in [4.78, 5) is 24.3. The van der Waals surface area contributed by atoms with Crippen LogP contribution in [0.5, 0.6) is 5.75 Å². The minimum Gasteiger partial charge on any atom is -0.497 e. The highest BCUT2D eigenvalue weighted by molar-refractivity contribution is 5.96. The molecule has 2 heterocycles. The number of nitrogens with zero attached hydrogens (tertiary/aromatic N) is 1. The van der Waals surface area contributed by atoms with Gasteiger partial charge in [-0.3, -0.25) is 9.36 Å². The van der Waals surface area contributed by atoms with Crippen LogP contribution in [-0.4, -0.2) is 24.1 Å². The standard InChI is InChI=1S/C19H16N2O5/c1-24-13-6-7-14-16(11-13)26-19(23)21(14)9-8-20-18(22)17-10-12-4-2-3-5-15(12)25-17/h2-7,10-11H,8-9H2,1H3,(H,20,22). The summed E-state index contributed by atoms with van der Waals surface area (Å²) >= 11 is 0. The lowest BCUT2D eigenvalue weighted by molar-refractivity contribution is 0.0926. The van der Waals surface area contributed by atoms with Gasteiger partial charge in [-0.15, -0.1) is 0 Å². The van der Waals surface area contributed by atoms with Crippen molar-refractivity contribution in [3.63, 3.8) is 0 Å². The summed E-state index contributed by atoms with van der Waals surface area (Å²) in [6.07, 6.45) is 0. The van der Waals surface area contributed by atoms with E-state index in [0.717, 1.165) is 5.39 Å². The van der Waals surface area contributed by atoms with E-state index in [4.69, 9.17) is 13.6 Å². The van der Waals surface area contributed by atoms with Crippen LogP contribution < -0.4 is 15.8 Å². The Morgan fingerprint density at radius 2 is 1.96 bits per heavy atom. The number of aromatic nitrogens is 1. The second kappa shape index (κ2) is 6.44. The van der Waals surface area contributed by atoms with Crippen molar-refractivity contribution in [3.05, 3.63) is 64.8 Å². The molecule has 0 saturated carbocycles. The van der Waals surface area contributed by atoms with E-state index < -0.39 is 5.76 Å². The van der Waals surface area contributed by atoms with Gasteiger partial charge in [0.15, 0.2) is 11.3 Å². The van der Waals surface area contributed by atoms with Gasteiger partial charge in [0.1, 0.15) is 11.3 Å². The lowest BCUT2D eigenvalue weighted by Gasteiger charge is -2.04. The zero-order valence-corrected chi connectivity index (χ0v) is 14.0. The number of hydrogen-bond donors (Lipinski definition) is 1. The Kier molecular flexibility index (Phi) is 3.96. The van der Waals surface area contributed by atoms with Crippen molar-refractivity contribution in [3.8, 4) is 5.75 Å². The molecule has 2 aromatic heterocycles. The summed E-state index contributed by atoms with van der Waals surface area (Å²) in [6.45, 7) is 0.542. The number of oxazole rings is 1. The zero-order valence-electron chi connectivity index (χ0n) is 14.0. The molecule has 0 fully saturated rings. The molecule has 1 N–H and O–H groups in total. The van der Waals surface area contributed by atoms with Gasteiger partial charge in [-0.2, -0.15) is 0 Å². The molecule has 132 valence electrons. The number of methoxy groups -OCH3 is 1. The van der Waals surface area contributed by atoms with Gasteiger partial charge in [-0.1, -0.05) is 18.2 Å². The predicted molar refractivity (Wildman–Crippen MR) is 95.6 cm³/mol. The van der Waals surface area contributed by atoms with Crippen LogP contribution in [0.1, 0.15) is 10.6 Å². The van der Waals surface area contributed by atoms with E-state index >= 15 is 0 Å². The van der Waals surface area contributed by atoms with Crippen LogP contribution in [0.3, 0.4) is 0 Å². The lowest BCUT2D eigenvalue weighted by atomic mass is 10.2. The largest absolute Gasteiger partial charge is 0.497 e. The summed E-state index contributed by atoms with van der Waals surface area (Å²) in [6, 6.07) is 14.3. The highest BCUT2D eigenvalue weighted by Gasteiger charge is 2.13. The molecular weight excluding hydrogens is 336 g/mol. The summed E-state index contributed by atoms with van der Waals surface area (Å²) < 4.78 is 17.3. The van der Waals surface area contributed by atoms with E-state index in [1.165, 1.54) is 4.57 Å². The van der Waals surface area contributed by atoms with Gasteiger partial charge >= 0.3 is 5.76 Å². The first kappa shape index (κ1) is 16.0. The number of rotatable bonds is 5. The normalized spacial score (nSPS) is 11.1. The van der Waals surface area contributed by atoms with E-state index in [2.05, 4.69) is 5.32 Å². The molecule has 2 aromatic carbocycles. The van der Waals surface area contributed by atoms with Crippen LogP contribution in [0.25, 0.3) is 22.1 Å². The maximum absolute atomic E-state index is 12.2. The van der Waals surface area contributed by atoms with E-state index in [9.17, 15) is 9.59 Å². The van der Waals surface area contributed by atoms with Crippen molar-refractivity contribution < 1.29 is 18.4 Å². The predicted octanol–water partition coefficient (Wildman–Crippen LogP) is 2.78. The van der Waals surface area contributed by atoms with Crippen LogP contribution in [0.4, 0.5) is 0 Å². The van der Waals surface area contributed by atoms with Gasteiger partial charge in [-0.25, -0.2) is 4.79 Å². The van der Waals surface area contributed by atoms with Gasteiger partial charge in [0, 0.05) is 24.5 Å². The lowest BCUT2D eigenvalue weighted by Crippen LogP contribution is -2.29. The third kappa shape index (κ3) is 2.83. The van der Waals surface area contributed by atoms with Crippen molar-refractivity contribution >= 4 is 28.0 Å². The van der Waals surface area contributed by atoms with Crippen molar-refractivity contribution in [1.29, 1.82) is 0 Å². The topological polar surface area (TPSA) is 86.6 Å². The summed E-state index contributed by atoms with van der Waals surface area (Å²) in [5.74, 6) is 0.0341. The smallest absolute Gasteiger partial charge is 0.420 e. The number of para-hydroxylation sites is 1. The number of hydrogen-bond acceptors (Lipinski definition) is 5. The van der Waals surface area contributed by atoms with Crippen LogP contribution in [0, 0.1) is 0 Å². The number of nitrogens with one attached hydrogen (secondary N) is 1. The maximum Gasteiger partial charge on any atom is 0.420 e. The maximum atomic E-state index is 12.2. The summed E-state index contributed by atoms with van der Waals surface area (Å²) in [7, 11) is 1.55. The molecule has 0 bridgehead atoms. The molecule has 0 unspecified atom stereocenters. The Morgan fingerprint density at radius 1 is 1.12 bits per heavy atom. The van der Waals surface area contributed by atoms with E-state index in [1.807, 2.05) is 18.2 Å². The molecule has 7 nitrogen and oxygen atoms in total. The highest BCUT2D eigenvalue weighted by atomic mass is 16.5. The number of furan rings is 1. The first-order valence-corrected chi connectivity index (χ1v) is 8.10. The van der Waals surface area contributed by atoms with E-state index in [0.29, 0.717) is 22.4 Å². The van der Waals surface area contributed by atoms with Gasteiger partial charge in [-0.05, 0) is 24.3 Å². The molecule has 0 aliphatic carbocycles. The van der Waals surface area contributed by atoms with E-state index in [1.54, 1.807) is 37.4 Å². The molecule has 1 amide bonds. The second-order valence-corrected chi connectivity index (χ2v) is 5.76. The fourth-order valence-corrected chi connectivity index (χ4v) is 2.85. The first-order valence-electron chi connectivity index (χ1n) is 8.10. The molecule has 4 aromatic rings. The fraction of sp³-hybridized carbons (Fsp3) is 0.158. The minimum absolute atomic E-state index is 0.236. The molecule has 0 aliphatic rings. The molecule has 0 spiro atoms. The van der Waals surface area contributed by atoms with Gasteiger partial charge in [0.05, 0.1) is 12.6 Å². The monoisotopic (exact) mass is 352 g/mol. The number of amides is 1. The number of carbonyl (C=O) groups excluding carboxylic acids is 1. The summed E-state index contributed by atoms with van der Waals surface area (Å²) in [5.41, 5.74) is 1.75. The quantitative estimate of drug-likeness (QED) is 0.597. The fourth-order valence-electron chi connectivity index (χ4n) is 2.85. The average molecular weight is 352 g/mol. The number of fused-ring (bicyclic) bond motifs is 2. The molecule has 4 rings (SSSR count). The molecule has 0 aliphatic heterocycles. The molecule has 0 saturated heterocycles. The third-order valence-electron chi connectivity index (χ3n) is 4.15. The second-order valence-electron chi connectivity index (χ2n) is 5.76. The van der Waals surface area contributed by atoms with E-state index in [-0.39, 0.29) is 24.8 Å². The number of carbonyl (C=O) groups is 1. The van der Waals surface area contributed by atoms with Gasteiger partial charge in [0.2, 0.25) is 0 Å². The molecular formula is C19H16N2O5. The Bertz CT molecular complexity index is 1120. The van der Waals surface area contributed by atoms with Crippen LogP contribution in [-0.2, 0) is 6.54 Å². The van der Waals surface area contributed by atoms with Crippen molar-refractivity contribution in [1.82, 2.24) is 9.88 Å². The minimum atomic E-state index is -0.480. The summed E-state index contributed by atoms with van der Waals surface area (Å²) in [5, 5.41) is 3.62. The number of ether oxygens (including phenoxy) is 1. The van der Waals surface area contributed by atoms with Crippen LogP contribution in [0.2, 0.25) is 0 Å². The molecule has 0 atom stereocenters. The Morgan fingerprint density at radius 3 is 2.77 bits per heavy atom. The number of benzene rings is 2.